The van der Waals surface area contributed by atoms with Gasteiger partial charge in [0, 0.05) is 0 Å². The molecule has 0 aliphatic carbocycles. The lowest BCUT2D eigenvalue weighted by Gasteiger charge is -2.08. The topological polar surface area (TPSA) is 87.1 Å². The zero-order valence-corrected chi connectivity index (χ0v) is 20.0. The number of aryl methyl sites for hydroxylation is 2. The summed E-state index contributed by atoms with van der Waals surface area (Å²) in [6.45, 7) is 8.50. The van der Waals surface area contributed by atoms with Crippen LogP contribution in [-0.4, -0.2) is 32.6 Å². The van der Waals surface area contributed by atoms with Crippen molar-refractivity contribution in [3.05, 3.63) is 81.3 Å². The molecule has 0 saturated carbocycles. The molecule has 0 atom stereocenters. The summed E-state index contributed by atoms with van der Waals surface area (Å²) >= 11 is 6.22. The Morgan fingerprint density at radius 3 is 2.45 bits per heavy atom. The molecule has 0 fully saturated rings. The fourth-order valence-corrected chi connectivity index (χ4v) is 3.85. The maximum Gasteiger partial charge on any atom is 0.291 e. The van der Waals surface area contributed by atoms with Gasteiger partial charge in [0.05, 0.1) is 53.7 Å². The summed E-state index contributed by atoms with van der Waals surface area (Å²) in [6.07, 6.45) is 0. The number of aromatic nitrogens is 4. The summed E-state index contributed by atoms with van der Waals surface area (Å²) in [5.74, 6) is 1.29. The number of halogens is 1. The summed E-state index contributed by atoms with van der Waals surface area (Å²) in [4.78, 5) is 12.9. The normalized spacial score (nSPS) is 11.1. The van der Waals surface area contributed by atoms with Crippen LogP contribution < -0.4 is 10.1 Å². The van der Waals surface area contributed by atoms with Crippen molar-refractivity contribution in [2.24, 2.45) is 0 Å². The Morgan fingerprint density at radius 1 is 1.03 bits per heavy atom. The Morgan fingerprint density at radius 2 is 1.76 bits per heavy atom. The second-order valence-corrected chi connectivity index (χ2v) is 8.30. The van der Waals surface area contributed by atoms with Gasteiger partial charge in [0.2, 0.25) is 0 Å². The van der Waals surface area contributed by atoms with Crippen LogP contribution in [0.25, 0.3) is 0 Å². The zero-order chi connectivity index (χ0) is 23.7. The lowest BCUT2D eigenvalue weighted by molar-refractivity contribution is 0.0994. The maximum atomic E-state index is 12.9. The number of nitrogens with one attached hydrogen (secondary N) is 1. The minimum Gasteiger partial charge on any atom is -0.497 e. The molecule has 0 bridgehead atoms. The van der Waals surface area contributed by atoms with Gasteiger partial charge in [0.25, 0.3) is 5.91 Å². The molecule has 3 aromatic heterocycles. The fourth-order valence-electron chi connectivity index (χ4n) is 3.71. The molecule has 33 heavy (non-hydrogen) atoms. The third kappa shape index (κ3) is 4.66. The van der Waals surface area contributed by atoms with Crippen molar-refractivity contribution in [1.29, 1.82) is 0 Å². The first-order valence-corrected chi connectivity index (χ1v) is 10.9. The van der Waals surface area contributed by atoms with Crippen LogP contribution in [0.4, 0.5) is 5.69 Å². The van der Waals surface area contributed by atoms with Gasteiger partial charge < -0.3 is 14.5 Å². The lowest BCUT2D eigenvalue weighted by atomic mass is 10.2. The van der Waals surface area contributed by atoms with Gasteiger partial charge >= 0.3 is 0 Å². The van der Waals surface area contributed by atoms with Crippen molar-refractivity contribution >= 4 is 23.2 Å². The highest BCUT2D eigenvalue weighted by molar-refractivity contribution is 6.31. The van der Waals surface area contributed by atoms with Crippen LogP contribution >= 0.6 is 11.6 Å². The molecule has 3 heterocycles. The van der Waals surface area contributed by atoms with Gasteiger partial charge in [-0.2, -0.15) is 10.2 Å². The molecule has 0 spiro atoms. The van der Waals surface area contributed by atoms with Crippen molar-refractivity contribution in [3.63, 3.8) is 0 Å². The summed E-state index contributed by atoms with van der Waals surface area (Å²) in [6, 6.07) is 11.2. The van der Waals surface area contributed by atoms with Crippen LogP contribution in [0, 0.1) is 27.7 Å². The maximum absolute atomic E-state index is 12.9. The van der Waals surface area contributed by atoms with E-state index in [-0.39, 0.29) is 11.7 Å². The third-order valence-electron chi connectivity index (χ3n) is 5.57. The quantitative estimate of drug-likeness (QED) is 0.417. The number of ether oxygens (including phenoxy) is 1. The first-order chi connectivity index (χ1) is 15.8. The summed E-state index contributed by atoms with van der Waals surface area (Å²) in [5.41, 5.74) is 4.92. The van der Waals surface area contributed by atoms with Crippen LogP contribution in [-0.2, 0) is 13.1 Å². The molecule has 1 aromatic carbocycles. The van der Waals surface area contributed by atoms with E-state index in [2.05, 4.69) is 15.5 Å². The van der Waals surface area contributed by atoms with E-state index in [0.29, 0.717) is 29.6 Å². The second-order valence-electron chi connectivity index (χ2n) is 7.92. The molecule has 1 N–H and O–H groups in total. The van der Waals surface area contributed by atoms with Gasteiger partial charge in [-0.1, -0.05) is 23.7 Å². The van der Waals surface area contributed by atoms with E-state index in [4.69, 9.17) is 20.8 Å². The van der Waals surface area contributed by atoms with Gasteiger partial charge in [-0.25, -0.2) is 0 Å². The number of carbonyl (C=O) groups is 1. The number of benzene rings is 1. The molecule has 4 aromatic rings. The minimum atomic E-state index is -0.334. The van der Waals surface area contributed by atoms with Crippen molar-refractivity contribution in [2.45, 2.75) is 40.8 Å². The largest absolute Gasteiger partial charge is 0.497 e. The van der Waals surface area contributed by atoms with E-state index in [0.717, 1.165) is 34.1 Å². The average Bonchev–Trinajstić information content (AvgIpc) is 3.44. The van der Waals surface area contributed by atoms with Crippen LogP contribution in [0.2, 0.25) is 5.02 Å². The van der Waals surface area contributed by atoms with Crippen molar-refractivity contribution in [3.8, 4) is 5.75 Å². The van der Waals surface area contributed by atoms with E-state index in [9.17, 15) is 4.79 Å². The van der Waals surface area contributed by atoms with Crippen LogP contribution in [0.3, 0.4) is 0 Å². The molecule has 0 unspecified atom stereocenters. The first-order valence-electron chi connectivity index (χ1n) is 10.5. The Hall–Kier alpha value is -3.52. The average molecular weight is 468 g/mol. The summed E-state index contributed by atoms with van der Waals surface area (Å²) in [5, 5.41) is 12.6. The number of hydrogen-bond acceptors (Lipinski definition) is 5. The smallest absolute Gasteiger partial charge is 0.291 e. The van der Waals surface area contributed by atoms with Gasteiger partial charge in [-0.3, -0.25) is 14.2 Å². The molecule has 0 aliphatic heterocycles. The van der Waals surface area contributed by atoms with Crippen molar-refractivity contribution in [1.82, 2.24) is 19.6 Å². The lowest BCUT2D eigenvalue weighted by Crippen LogP contribution is -2.12. The molecule has 8 nitrogen and oxygen atoms in total. The first kappa shape index (κ1) is 22.7. The summed E-state index contributed by atoms with van der Waals surface area (Å²) in [7, 11) is 1.64. The van der Waals surface area contributed by atoms with E-state index >= 15 is 0 Å². The number of rotatable bonds is 7. The molecular formula is C24H26ClN5O3. The molecule has 0 saturated heterocycles. The molecule has 9 heteroatoms. The Balaban J connectivity index is 1.48. The minimum absolute atomic E-state index is 0.219. The third-order valence-corrected chi connectivity index (χ3v) is 6.12. The monoisotopic (exact) mass is 467 g/mol. The van der Waals surface area contributed by atoms with E-state index < -0.39 is 0 Å². The second kappa shape index (κ2) is 9.15. The Bertz CT molecular complexity index is 1320. The molecular weight excluding hydrogens is 442 g/mol. The van der Waals surface area contributed by atoms with Crippen molar-refractivity contribution in [2.75, 3.05) is 12.4 Å². The predicted molar refractivity (Wildman–Crippen MR) is 126 cm³/mol. The summed E-state index contributed by atoms with van der Waals surface area (Å²) < 4.78 is 14.7. The number of furan rings is 1. The number of hydrogen-bond donors (Lipinski definition) is 1. The number of anilines is 1. The highest BCUT2D eigenvalue weighted by Crippen LogP contribution is 2.24. The Labute approximate surface area is 197 Å². The zero-order valence-electron chi connectivity index (χ0n) is 19.3. The van der Waals surface area contributed by atoms with Crippen LogP contribution in [0.5, 0.6) is 5.75 Å². The fraction of sp³-hybridized carbons (Fsp3) is 0.292. The highest BCUT2D eigenvalue weighted by Gasteiger charge is 2.19. The van der Waals surface area contributed by atoms with Gasteiger partial charge in [0.1, 0.15) is 11.5 Å². The predicted octanol–water partition coefficient (Wildman–Crippen LogP) is 4.92. The van der Waals surface area contributed by atoms with E-state index in [1.54, 1.807) is 23.9 Å². The molecule has 172 valence electrons. The Kier molecular flexibility index (Phi) is 6.29. The number of carbonyl (C=O) groups excluding carboxylic acids is 1. The van der Waals surface area contributed by atoms with E-state index in [1.165, 1.54) is 0 Å². The number of methoxy groups -OCH3 is 1. The van der Waals surface area contributed by atoms with Gasteiger partial charge in [0.15, 0.2) is 5.76 Å². The number of amides is 1. The SMILES string of the molecule is COc1cccc(Cn2nc(C)c(NC(=O)c3ccc(Cn4nc(C)c(Cl)c4C)o3)c2C)c1. The van der Waals surface area contributed by atoms with E-state index in [1.807, 2.05) is 56.6 Å². The van der Waals surface area contributed by atoms with Crippen molar-refractivity contribution < 1.29 is 13.9 Å². The highest BCUT2D eigenvalue weighted by atomic mass is 35.5. The standard InChI is InChI=1S/C24H26ClN5O3/c1-14-22(25)16(3)30(27-14)13-20-9-10-21(33-20)24(31)26-23-15(2)28-29(17(23)4)12-18-7-6-8-19(11-18)32-5/h6-11H,12-13H2,1-5H3,(H,26,31). The molecule has 4 rings (SSSR count). The number of nitrogens with zero attached hydrogens (tertiary/aromatic N) is 4. The molecule has 1 amide bonds. The van der Waals surface area contributed by atoms with Crippen LogP contribution in [0.1, 0.15) is 44.7 Å². The van der Waals surface area contributed by atoms with Crippen LogP contribution in [0.15, 0.2) is 40.8 Å². The molecule has 0 aliphatic rings. The van der Waals surface area contributed by atoms with Gasteiger partial charge in [-0.05, 0) is 57.5 Å². The molecule has 0 radical (unpaired) electrons. The van der Waals surface area contributed by atoms with Gasteiger partial charge in [-0.15, -0.1) is 0 Å².